The van der Waals surface area contributed by atoms with Gasteiger partial charge in [-0.2, -0.15) is 10.5 Å². The number of aromatic nitrogens is 2. The van der Waals surface area contributed by atoms with Gasteiger partial charge in [0.25, 0.3) is 23.6 Å². The lowest BCUT2D eigenvalue weighted by atomic mass is 9.73. The minimum Gasteiger partial charge on any atom is -0.274 e. The number of amides is 4. The van der Waals surface area contributed by atoms with E-state index in [1.54, 1.807) is 0 Å². The monoisotopic (exact) mass is 1290 g/mol. The van der Waals surface area contributed by atoms with Crippen molar-refractivity contribution in [1.82, 2.24) is 19.8 Å². The van der Waals surface area contributed by atoms with Gasteiger partial charge in [-0.3, -0.25) is 34.0 Å². The first-order valence-electron chi connectivity index (χ1n) is 38.7. The molecule has 11 rings (SSSR count). The first kappa shape index (κ1) is 70.1. The predicted octanol–water partition coefficient (Wildman–Crippen LogP) is 20.2. The van der Waals surface area contributed by atoms with Gasteiger partial charge in [-0.15, -0.1) is 0 Å². The number of aliphatic imine (C=N–C) groups is 1. The van der Waals surface area contributed by atoms with Gasteiger partial charge in [-0.05, 0) is 89.5 Å². The second-order valence-electron chi connectivity index (χ2n) is 29.3. The summed E-state index contributed by atoms with van der Waals surface area (Å²) in [6.45, 7) is 9.86. The summed E-state index contributed by atoms with van der Waals surface area (Å²) in [5.74, 6) is -1.05. The van der Waals surface area contributed by atoms with Gasteiger partial charge < -0.3 is 0 Å². The van der Waals surface area contributed by atoms with Gasteiger partial charge in [-0.25, -0.2) is 15.0 Å². The Bertz CT molecular complexity index is 3900. The van der Waals surface area contributed by atoms with E-state index in [0.29, 0.717) is 63.1 Å². The van der Waals surface area contributed by atoms with Gasteiger partial charge >= 0.3 is 0 Å². The maximum Gasteiger partial charge on any atom is 0.261 e. The first-order valence-corrected chi connectivity index (χ1v) is 38.7. The summed E-state index contributed by atoms with van der Waals surface area (Å²) in [6, 6.07) is 11.7. The minimum atomic E-state index is -0.671. The van der Waals surface area contributed by atoms with Crippen molar-refractivity contribution in [3.8, 4) is 12.1 Å². The molecule has 0 spiro atoms. The highest BCUT2D eigenvalue weighted by atomic mass is 16.2. The van der Waals surface area contributed by atoms with Gasteiger partial charge in [0, 0.05) is 52.2 Å². The maximum absolute atomic E-state index is 14.9. The Morgan fingerprint density at radius 1 is 0.469 bits per heavy atom. The summed E-state index contributed by atoms with van der Waals surface area (Å²) < 4.78 is 0. The molecule has 0 fully saturated rings. The summed E-state index contributed by atoms with van der Waals surface area (Å²) in [4.78, 5) is 83.6. The van der Waals surface area contributed by atoms with E-state index >= 15 is 0 Å². The number of imide groups is 2. The highest BCUT2D eigenvalue weighted by Gasteiger charge is 2.48. The largest absolute Gasteiger partial charge is 0.274 e. The number of carbonyl (C=O) groups excluding carboxylic acids is 4. The fourth-order valence-corrected chi connectivity index (χ4v) is 16.9. The van der Waals surface area contributed by atoms with Crippen LogP contribution in [0.5, 0.6) is 0 Å². The van der Waals surface area contributed by atoms with E-state index in [1.807, 2.05) is 48.6 Å². The molecule has 96 heavy (non-hydrogen) atoms. The number of unbranched alkanes of at least 4 members (excludes halogenated alkanes) is 32. The molecule has 3 aliphatic heterocycles. The van der Waals surface area contributed by atoms with Crippen LogP contribution in [0.2, 0.25) is 0 Å². The van der Waals surface area contributed by atoms with E-state index < -0.39 is 12.0 Å². The Morgan fingerprint density at radius 2 is 0.906 bits per heavy atom. The number of nitrogens with zero attached hydrogens (tertiary/aromatic N) is 8. The van der Waals surface area contributed by atoms with E-state index in [4.69, 9.17) is 20.0 Å². The molecule has 4 amide bonds. The van der Waals surface area contributed by atoms with Crippen molar-refractivity contribution in [2.24, 2.45) is 27.7 Å². The predicted molar refractivity (Wildman–Crippen MR) is 388 cm³/mol. The second kappa shape index (κ2) is 34.4. The molecule has 4 atom stereocenters. The van der Waals surface area contributed by atoms with Crippen LogP contribution >= 0.6 is 0 Å². The van der Waals surface area contributed by atoms with Crippen molar-refractivity contribution >= 4 is 68.0 Å². The molecule has 7 aliphatic rings. The summed E-state index contributed by atoms with van der Waals surface area (Å²) in [5, 5.41) is 24.6. The Morgan fingerprint density at radius 3 is 1.39 bits per heavy atom. The molecule has 0 saturated heterocycles. The summed E-state index contributed by atoms with van der Waals surface area (Å²) in [5.41, 5.74) is 7.90. The normalized spacial score (nSPS) is 17.6. The number of hydrogen-bond acceptors (Lipinski definition) is 10. The lowest BCUT2D eigenvalue weighted by Crippen LogP contribution is -2.47. The van der Waals surface area contributed by atoms with Crippen molar-refractivity contribution in [1.29, 1.82) is 10.5 Å². The number of hydrogen-bond donors (Lipinski definition) is 0. The van der Waals surface area contributed by atoms with E-state index in [0.717, 1.165) is 79.0 Å². The van der Waals surface area contributed by atoms with Crippen LogP contribution in [0.3, 0.4) is 0 Å². The molecule has 3 aromatic carbocycles. The quantitative estimate of drug-likeness (QED) is 0.0311. The zero-order valence-corrected chi connectivity index (χ0v) is 58.8. The number of fused-ring (bicyclic) bond motifs is 7. The van der Waals surface area contributed by atoms with Crippen LogP contribution in [0, 0.1) is 40.4 Å². The topological polar surface area (TPSA) is 173 Å². The van der Waals surface area contributed by atoms with Crippen LogP contribution in [0.15, 0.2) is 75.3 Å². The van der Waals surface area contributed by atoms with E-state index in [1.165, 1.54) is 215 Å². The number of allylic oxidation sites excluding steroid dienone is 4. The summed E-state index contributed by atoms with van der Waals surface area (Å²) in [7, 11) is 0. The molecule has 0 saturated carbocycles. The lowest BCUT2D eigenvalue weighted by Gasteiger charge is -2.37. The molecule has 4 aliphatic carbocycles. The van der Waals surface area contributed by atoms with Crippen LogP contribution in [-0.2, 0) is 9.59 Å². The summed E-state index contributed by atoms with van der Waals surface area (Å²) in [6.07, 6.45) is 56.7. The molecule has 4 heterocycles. The molecule has 0 radical (unpaired) electrons. The van der Waals surface area contributed by atoms with Crippen LogP contribution in [0.4, 0.5) is 5.69 Å². The Labute approximate surface area is 573 Å². The Kier molecular flexibility index (Phi) is 25.1. The van der Waals surface area contributed by atoms with Crippen molar-refractivity contribution in [2.75, 3.05) is 13.1 Å². The zero-order valence-electron chi connectivity index (χ0n) is 58.8. The molecule has 4 unspecified atom stereocenters. The summed E-state index contributed by atoms with van der Waals surface area (Å²) >= 11 is 0. The smallest absolute Gasteiger partial charge is 0.261 e. The van der Waals surface area contributed by atoms with Gasteiger partial charge in [0.1, 0.15) is 51.4 Å². The van der Waals surface area contributed by atoms with Gasteiger partial charge in [-0.1, -0.05) is 283 Å². The van der Waals surface area contributed by atoms with Crippen molar-refractivity contribution in [3.63, 3.8) is 0 Å². The highest BCUT2D eigenvalue weighted by molar-refractivity contribution is 6.31. The SMILES string of the molecule is CCCCCCCCCCCCC(CCCCCCCCCC)CN1C(=O)C2=CC=C3c4nc5c(C#N)c6c(c(C#N)c5nc4=C4C=CC(=C2C34)C1=O)N=C1c2ccc3c4c(ccc(c24)C1N=6)C(=O)N(CC(CCCCCCCCCC)CCCCCCCCCCCC)C3=O. The standard InChI is InChI=1S/C84H108N8O4/c1-5-9-13-17-21-25-27-31-35-39-43-57(41-37-33-29-23-19-15-11-7-3)55-91-81(93)63-49-45-59-69-60(46-50-64(71(63)69)82(91)94)74-73(59)87-77-67(53-85)79-80(68(54-86)78(77)88-74)90-76-62-48-52-66-72-65(51-47-61(70(62)72)75(76)89-79)83(95)92(84(66)96)56-58(42-38-34-30-24-20-16-12-8-4)44-40-36-32-28-26-22-18-14-10-6-2/h45-52,57-58,69,75H,5-44,55-56H2,1-4H3. The molecule has 12 heteroatoms. The van der Waals surface area contributed by atoms with Crippen LogP contribution < -0.4 is 10.7 Å². The molecule has 4 aromatic rings. The molecular formula is C84H108N8O4. The third-order valence-corrected chi connectivity index (χ3v) is 22.3. The van der Waals surface area contributed by atoms with E-state index in [2.05, 4.69) is 39.8 Å². The van der Waals surface area contributed by atoms with Crippen LogP contribution in [-0.4, -0.2) is 62.2 Å². The van der Waals surface area contributed by atoms with Crippen LogP contribution in [0.25, 0.3) is 33.0 Å². The zero-order chi connectivity index (χ0) is 66.9. The molecular weight excluding hydrogens is 1180 g/mol. The fourth-order valence-electron chi connectivity index (χ4n) is 16.9. The average molecular weight is 1290 g/mol. The van der Waals surface area contributed by atoms with Gasteiger partial charge in [0.05, 0.1) is 16.8 Å². The third kappa shape index (κ3) is 15.2. The van der Waals surface area contributed by atoms with Crippen molar-refractivity contribution < 1.29 is 19.2 Å². The number of benzene rings is 3. The molecule has 508 valence electrons. The lowest BCUT2D eigenvalue weighted by molar-refractivity contribution is -0.141. The molecule has 0 N–H and O–H groups in total. The fraction of sp³-hybridized carbons (Fsp3) is 0.595. The maximum atomic E-state index is 14.9. The minimum absolute atomic E-state index is 0.135. The van der Waals surface area contributed by atoms with Gasteiger partial charge in [0.15, 0.2) is 0 Å². The van der Waals surface area contributed by atoms with E-state index in [-0.39, 0.29) is 68.7 Å². The number of rotatable bonds is 44. The average Bonchev–Trinajstić information content (AvgIpc) is 1.52. The second-order valence-corrected chi connectivity index (χ2v) is 29.3. The van der Waals surface area contributed by atoms with Gasteiger partial charge in [0.2, 0.25) is 0 Å². The van der Waals surface area contributed by atoms with E-state index in [9.17, 15) is 29.7 Å². The first-order chi connectivity index (χ1) is 47.2. The Hall–Kier alpha value is -7.18. The third-order valence-electron chi connectivity index (χ3n) is 22.3. The van der Waals surface area contributed by atoms with Crippen LogP contribution in [0.1, 0.15) is 339 Å². The van der Waals surface area contributed by atoms with Crippen molar-refractivity contribution in [3.05, 3.63) is 115 Å². The number of carbonyl (C=O) groups is 4. The Balaban J connectivity index is 0.828. The highest BCUT2D eigenvalue weighted by Crippen LogP contribution is 2.51. The number of nitriles is 2. The molecule has 12 nitrogen and oxygen atoms in total. The molecule has 0 bridgehead atoms. The molecule has 1 aromatic heterocycles. The van der Waals surface area contributed by atoms with Crippen molar-refractivity contribution in [2.45, 2.75) is 291 Å².